The molecule has 38 heavy (non-hydrogen) atoms. The molecule has 196 valence electrons. The number of carbonyl (C=O) groups is 2. The van der Waals surface area contributed by atoms with Gasteiger partial charge in [-0.3, -0.25) is 10.1 Å². The fourth-order valence-electron chi connectivity index (χ4n) is 4.18. The number of ether oxygens (including phenoxy) is 2. The molecule has 0 aliphatic heterocycles. The summed E-state index contributed by atoms with van der Waals surface area (Å²) < 4.78 is 30.0. The predicted octanol–water partition coefficient (Wildman–Crippen LogP) is 7.18. The van der Waals surface area contributed by atoms with Crippen LogP contribution < -0.4 is 5.32 Å². The van der Waals surface area contributed by atoms with Crippen molar-refractivity contribution in [2.75, 3.05) is 11.9 Å². The zero-order valence-electron chi connectivity index (χ0n) is 21.7. The van der Waals surface area contributed by atoms with E-state index in [1.807, 2.05) is 49.4 Å². The quantitative estimate of drug-likeness (QED) is 0.250. The highest BCUT2D eigenvalue weighted by molar-refractivity contribution is 5.91. The van der Waals surface area contributed by atoms with Gasteiger partial charge in [-0.25, -0.2) is 9.18 Å². The van der Waals surface area contributed by atoms with E-state index in [4.69, 9.17) is 14.0 Å². The number of aromatic nitrogens is 1. The van der Waals surface area contributed by atoms with Crippen molar-refractivity contribution in [3.63, 3.8) is 0 Å². The maximum Gasteiger partial charge on any atom is 0.412 e. The summed E-state index contributed by atoms with van der Waals surface area (Å²) in [5.74, 6) is -0.311. The van der Waals surface area contributed by atoms with Gasteiger partial charge in [0.15, 0.2) is 5.76 Å². The monoisotopic (exact) mass is 516 g/mol. The molecule has 0 fully saturated rings. The van der Waals surface area contributed by atoms with Crippen molar-refractivity contribution >= 4 is 17.7 Å². The van der Waals surface area contributed by atoms with Crippen molar-refractivity contribution < 1.29 is 28.0 Å². The van der Waals surface area contributed by atoms with Gasteiger partial charge in [-0.15, -0.1) is 0 Å². The largest absolute Gasteiger partial charge is 0.466 e. The molecule has 0 spiro atoms. The van der Waals surface area contributed by atoms with E-state index in [2.05, 4.69) is 10.5 Å². The van der Waals surface area contributed by atoms with Crippen molar-refractivity contribution in [1.29, 1.82) is 0 Å². The van der Waals surface area contributed by atoms with Crippen LogP contribution in [-0.4, -0.2) is 23.8 Å². The third-order valence-electron chi connectivity index (χ3n) is 6.12. The smallest absolute Gasteiger partial charge is 0.412 e. The molecule has 8 heteroatoms. The lowest BCUT2D eigenvalue weighted by Crippen LogP contribution is -2.17. The van der Waals surface area contributed by atoms with Crippen molar-refractivity contribution in [2.24, 2.45) is 0 Å². The molecule has 1 heterocycles. The molecule has 0 saturated heterocycles. The van der Waals surface area contributed by atoms with Crippen LogP contribution in [0.2, 0.25) is 0 Å². The van der Waals surface area contributed by atoms with E-state index in [1.54, 1.807) is 39.0 Å². The van der Waals surface area contributed by atoms with E-state index in [1.165, 1.54) is 6.07 Å². The minimum absolute atomic E-state index is 0.230. The molecular weight excluding hydrogens is 487 g/mol. The van der Waals surface area contributed by atoms with Crippen molar-refractivity contribution in [2.45, 2.75) is 40.2 Å². The third kappa shape index (κ3) is 6.08. The van der Waals surface area contributed by atoms with Crippen molar-refractivity contribution in [1.82, 2.24) is 5.16 Å². The number of benzene rings is 3. The third-order valence-corrected chi connectivity index (χ3v) is 6.12. The Kier molecular flexibility index (Phi) is 8.21. The Balaban J connectivity index is 1.50. The van der Waals surface area contributed by atoms with Crippen LogP contribution in [-0.2, 0) is 20.7 Å². The molecular formula is C30H29FN2O5. The Morgan fingerprint density at radius 2 is 1.74 bits per heavy atom. The van der Waals surface area contributed by atoms with Gasteiger partial charge in [0, 0.05) is 11.1 Å². The van der Waals surface area contributed by atoms with Crippen molar-refractivity contribution in [3.8, 4) is 22.5 Å². The Morgan fingerprint density at radius 3 is 2.42 bits per heavy atom. The number of nitrogens with zero attached hydrogens (tertiary/aromatic N) is 1. The minimum atomic E-state index is -0.787. The number of carbonyl (C=O) groups excluding carboxylic acids is 2. The molecule has 1 aromatic heterocycles. The Hall–Kier alpha value is -4.46. The summed E-state index contributed by atoms with van der Waals surface area (Å²) in [6.45, 7) is 7.43. The standard InChI is InChI=1S/C30H29FN2O5/c1-5-36-27(34)17-21-10-12-22(13-11-21)24-15-14-23(16-18(24)2)29-28(19(3)33-38-29)32-30(35)37-20(4)25-8-6-7-9-26(25)31/h6-16,20H,5,17H2,1-4H3,(H,32,35)/t20-/m1/s1. The summed E-state index contributed by atoms with van der Waals surface area (Å²) in [6.07, 6.45) is -1.30. The normalized spacial score (nSPS) is 11.6. The second-order valence-electron chi connectivity index (χ2n) is 8.87. The number of anilines is 1. The molecule has 1 N–H and O–H groups in total. The number of rotatable bonds is 8. The highest BCUT2D eigenvalue weighted by atomic mass is 19.1. The van der Waals surface area contributed by atoms with E-state index in [0.717, 1.165) is 27.8 Å². The van der Waals surface area contributed by atoms with E-state index in [-0.39, 0.29) is 18.0 Å². The summed E-state index contributed by atoms with van der Waals surface area (Å²) in [7, 11) is 0. The molecule has 1 amide bonds. The number of nitrogens with one attached hydrogen (secondary N) is 1. The summed E-state index contributed by atoms with van der Waals surface area (Å²) in [5, 5.41) is 6.71. The highest BCUT2D eigenvalue weighted by Gasteiger charge is 2.21. The highest BCUT2D eigenvalue weighted by Crippen LogP contribution is 2.35. The fraction of sp³-hybridized carbons (Fsp3) is 0.233. The van der Waals surface area contributed by atoms with Crippen LogP contribution in [0.5, 0.6) is 0 Å². The van der Waals surface area contributed by atoms with Crippen LogP contribution in [0.15, 0.2) is 71.3 Å². The Bertz CT molecular complexity index is 1450. The zero-order valence-corrected chi connectivity index (χ0v) is 21.7. The number of aryl methyl sites for hydroxylation is 2. The Labute approximate surface area is 220 Å². The second-order valence-corrected chi connectivity index (χ2v) is 8.87. The molecule has 4 aromatic rings. The fourth-order valence-corrected chi connectivity index (χ4v) is 4.18. The van der Waals surface area contributed by atoms with Crippen LogP contribution in [0.3, 0.4) is 0 Å². The van der Waals surface area contributed by atoms with E-state index in [9.17, 15) is 14.0 Å². The molecule has 3 aromatic carbocycles. The first-order valence-corrected chi connectivity index (χ1v) is 12.3. The van der Waals surface area contributed by atoms with Gasteiger partial charge >= 0.3 is 12.1 Å². The number of hydrogen-bond acceptors (Lipinski definition) is 6. The first kappa shape index (κ1) is 26.6. The topological polar surface area (TPSA) is 90.7 Å². The van der Waals surface area contributed by atoms with Crippen molar-refractivity contribution in [3.05, 3.63) is 94.9 Å². The first-order valence-electron chi connectivity index (χ1n) is 12.3. The predicted molar refractivity (Wildman–Crippen MR) is 142 cm³/mol. The van der Waals surface area contributed by atoms with Gasteiger partial charge in [0.05, 0.1) is 13.0 Å². The summed E-state index contributed by atoms with van der Waals surface area (Å²) in [4.78, 5) is 24.4. The van der Waals surface area contributed by atoms with Gasteiger partial charge in [-0.2, -0.15) is 0 Å². The van der Waals surface area contributed by atoms with Gasteiger partial charge < -0.3 is 14.0 Å². The minimum Gasteiger partial charge on any atom is -0.466 e. The van der Waals surface area contributed by atoms with Gasteiger partial charge in [-0.05, 0) is 62.1 Å². The summed E-state index contributed by atoms with van der Waals surface area (Å²) >= 11 is 0. The second kappa shape index (κ2) is 11.7. The molecule has 1 atom stereocenters. The maximum atomic E-state index is 14.1. The molecule has 7 nitrogen and oxygen atoms in total. The summed E-state index contributed by atoms with van der Waals surface area (Å²) in [6, 6.07) is 19.7. The van der Waals surface area contributed by atoms with Gasteiger partial charge in [0.2, 0.25) is 0 Å². The lowest BCUT2D eigenvalue weighted by atomic mass is 9.96. The lowest BCUT2D eigenvalue weighted by Gasteiger charge is -2.15. The van der Waals surface area contributed by atoms with E-state index >= 15 is 0 Å². The first-order chi connectivity index (χ1) is 18.3. The molecule has 0 radical (unpaired) electrons. The summed E-state index contributed by atoms with van der Waals surface area (Å²) in [5.41, 5.74) is 5.75. The van der Waals surface area contributed by atoms with Crippen LogP contribution >= 0.6 is 0 Å². The maximum absolute atomic E-state index is 14.1. The van der Waals surface area contributed by atoms with E-state index in [0.29, 0.717) is 23.7 Å². The van der Waals surface area contributed by atoms with E-state index < -0.39 is 18.0 Å². The lowest BCUT2D eigenvalue weighted by molar-refractivity contribution is -0.142. The van der Waals surface area contributed by atoms with Gasteiger partial charge in [0.1, 0.15) is 23.3 Å². The van der Waals surface area contributed by atoms with Crippen LogP contribution in [0, 0.1) is 19.7 Å². The number of halogens is 1. The number of amides is 1. The molecule has 0 bridgehead atoms. The average Bonchev–Trinajstić information content (AvgIpc) is 3.24. The molecule has 4 rings (SSSR count). The number of esters is 1. The van der Waals surface area contributed by atoms with Gasteiger partial charge in [-0.1, -0.05) is 59.8 Å². The van der Waals surface area contributed by atoms with Crippen LogP contribution in [0.25, 0.3) is 22.5 Å². The molecule has 0 aliphatic rings. The molecule has 0 saturated carbocycles. The average molecular weight is 517 g/mol. The molecule has 0 aliphatic carbocycles. The Morgan fingerprint density at radius 1 is 1.03 bits per heavy atom. The SMILES string of the molecule is CCOC(=O)Cc1ccc(-c2ccc(-c3onc(C)c3NC(=O)O[C@H](C)c3ccccc3F)cc2C)cc1. The van der Waals surface area contributed by atoms with Crippen LogP contribution in [0.1, 0.15) is 42.3 Å². The number of hydrogen-bond donors (Lipinski definition) is 1. The molecule has 0 unspecified atom stereocenters. The van der Waals surface area contributed by atoms with Gasteiger partial charge in [0.25, 0.3) is 0 Å². The zero-order chi connectivity index (χ0) is 27.2. The van der Waals surface area contributed by atoms with Crippen LogP contribution in [0.4, 0.5) is 14.9 Å².